The van der Waals surface area contributed by atoms with E-state index < -0.39 is 0 Å². The summed E-state index contributed by atoms with van der Waals surface area (Å²) in [4.78, 5) is 0. The molecule has 0 N–H and O–H groups in total. The molecule has 4 heteroatoms. The molecule has 0 amide bonds. The minimum Gasteiger partial charge on any atom is -0.379 e. The van der Waals surface area contributed by atoms with Gasteiger partial charge >= 0.3 is 0 Å². The van der Waals surface area contributed by atoms with E-state index in [0.717, 1.165) is 0 Å². The molecule has 0 fully saturated rings. The van der Waals surface area contributed by atoms with Gasteiger partial charge in [0.15, 0.2) is 6.29 Å². The lowest BCUT2D eigenvalue weighted by molar-refractivity contribution is -0.178. The van der Waals surface area contributed by atoms with Crippen LogP contribution < -0.4 is 0 Å². The molecule has 0 aromatic heterocycles. The molecule has 0 aliphatic carbocycles. The molecule has 1 atom stereocenters. The fraction of sp³-hybridized carbons (Fsp3) is 1.00. The second-order valence-electron chi connectivity index (χ2n) is 3.14. The van der Waals surface area contributed by atoms with E-state index in [0.29, 0.717) is 33.0 Å². The van der Waals surface area contributed by atoms with Gasteiger partial charge in [-0.05, 0) is 27.7 Å². The van der Waals surface area contributed by atoms with E-state index in [9.17, 15) is 0 Å². The van der Waals surface area contributed by atoms with Crippen molar-refractivity contribution in [3.05, 3.63) is 0 Å². The second kappa shape index (κ2) is 10.4. The lowest BCUT2D eigenvalue weighted by atomic mass is 10.4. The Hall–Kier alpha value is -0.160. The predicted octanol–water partition coefficient (Wildman–Crippen LogP) is 1.83. The minimum atomic E-state index is -0.260. The number of hydrogen-bond donors (Lipinski definition) is 0. The van der Waals surface area contributed by atoms with Gasteiger partial charge < -0.3 is 18.9 Å². The average Bonchev–Trinajstić information content (AvgIpc) is 2.23. The van der Waals surface area contributed by atoms with E-state index in [1.807, 2.05) is 27.7 Å². The van der Waals surface area contributed by atoms with Crippen LogP contribution in [0.4, 0.5) is 0 Å². The Balaban J connectivity index is 3.57. The summed E-state index contributed by atoms with van der Waals surface area (Å²) in [6, 6.07) is 0. The molecule has 0 aromatic rings. The van der Waals surface area contributed by atoms with E-state index in [2.05, 4.69) is 0 Å². The molecule has 0 aromatic carbocycles. The number of rotatable bonds is 10. The van der Waals surface area contributed by atoms with Crippen molar-refractivity contribution in [2.24, 2.45) is 0 Å². The second-order valence-corrected chi connectivity index (χ2v) is 3.14. The molecule has 0 saturated carbocycles. The highest BCUT2D eigenvalue weighted by molar-refractivity contribution is 4.49. The van der Waals surface area contributed by atoms with Crippen LogP contribution in [0.5, 0.6) is 0 Å². The van der Waals surface area contributed by atoms with Gasteiger partial charge in [-0.2, -0.15) is 0 Å². The first-order valence-electron chi connectivity index (χ1n) is 5.67. The third-order valence-electron chi connectivity index (χ3n) is 1.78. The summed E-state index contributed by atoms with van der Waals surface area (Å²) in [5.41, 5.74) is 0. The smallest absolute Gasteiger partial charge is 0.180 e. The number of ether oxygens (including phenoxy) is 4. The van der Waals surface area contributed by atoms with Crippen LogP contribution in [-0.4, -0.2) is 45.4 Å². The van der Waals surface area contributed by atoms with Crippen LogP contribution in [0.3, 0.4) is 0 Å². The van der Waals surface area contributed by atoms with Crippen LogP contribution in [0.25, 0.3) is 0 Å². The summed E-state index contributed by atoms with van der Waals surface area (Å²) in [6.45, 7) is 10.9. The largest absolute Gasteiger partial charge is 0.379 e. The molecule has 92 valence electrons. The summed E-state index contributed by atoms with van der Waals surface area (Å²) in [6.07, 6.45) is -0.183. The molecule has 0 aliphatic heterocycles. The molecule has 0 spiro atoms. The SMILES string of the molecule is CCOCC(C)OCC(OCC)OCC. The Morgan fingerprint density at radius 3 is 1.87 bits per heavy atom. The van der Waals surface area contributed by atoms with Crippen LogP contribution in [0, 0.1) is 0 Å². The van der Waals surface area contributed by atoms with Crippen molar-refractivity contribution >= 4 is 0 Å². The van der Waals surface area contributed by atoms with E-state index >= 15 is 0 Å². The molecule has 0 heterocycles. The zero-order chi connectivity index (χ0) is 11.5. The van der Waals surface area contributed by atoms with Crippen molar-refractivity contribution in [1.82, 2.24) is 0 Å². The summed E-state index contributed by atoms with van der Waals surface area (Å²) < 4.78 is 21.5. The van der Waals surface area contributed by atoms with Crippen LogP contribution in [0.2, 0.25) is 0 Å². The third kappa shape index (κ3) is 8.81. The normalized spacial score (nSPS) is 13.4. The van der Waals surface area contributed by atoms with Crippen molar-refractivity contribution in [1.29, 1.82) is 0 Å². The Bertz CT molecular complexity index is 124. The van der Waals surface area contributed by atoms with Gasteiger partial charge in [0.25, 0.3) is 0 Å². The van der Waals surface area contributed by atoms with Crippen molar-refractivity contribution in [3.63, 3.8) is 0 Å². The monoisotopic (exact) mass is 220 g/mol. The first-order valence-corrected chi connectivity index (χ1v) is 5.67. The van der Waals surface area contributed by atoms with Gasteiger partial charge in [0.2, 0.25) is 0 Å². The zero-order valence-corrected chi connectivity index (χ0v) is 10.3. The zero-order valence-electron chi connectivity index (χ0n) is 10.3. The van der Waals surface area contributed by atoms with Gasteiger partial charge in [0.05, 0.1) is 19.3 Å². The molecule has 0 aliphatic rings. The van der Waals surface area contributed by atoms with Gasteiger partial charge in [-0.3, -0.25) is 0 Å². The highest BCUT2D eigenvalue weighted by atomic mass is 16.7. The van der Waals surface area contributed by atoms with E-state index in [1.165, 1.54) is 0 Å². The maximum atomic E-state index is 5.54. The highest BCUT2D eigenvalue weighted by Crippen LogP contribution is 2.00. The molecule has 0 bridgehead atoms. The maximum absolute atomic E-state index is 5.54. The highest BCUT2D eigenvalue weighted by Gasteiger charge is 2.10. The molecular formula is C11H24O4. The summed E-state index contributed by atoms with van der Waals surface area (Å²) in [5.74, 6) is 0. The van der Waals surface area contributed by atoms with Crippen LogP contribution >= 0.6 is 0 Å². The molecule has 15 heavy (non-hydrogen) atoms. The Labute approximate surface area is 92.8 Å². The Kier molecular flexibility index (Phi) is 10.3. The van der Waals surface area contributed by atoms with E-state index in [1.54, 1.807) is 0 Å². The standard InChI is InChI=1S/C11H24O4/c1-5-12-8-10(4)15-9-11(13-6-2)14-7-3/h10-11H,5-9H2,1-4H3. The van der Waals surface area contributed by atoms with Crippen molar-refractivity contribution in [3.8, 4) is 0 Å². The van der Waals surface area contributed by atoms with Crippen molar-refractivity contribution in [2.45, 2.75) is 40.1 Å². The molecule has 1 unspecified atom stereocenters. The van der Waals surface area contributed by atoms with Gasteiger partial charge in [-0.1, -0.05) is 0 Å². The van der Waals surface area contributed by atoms with Gasteiger partial charge in [0, 0.05) is 19.8 Å². The van der Waals surface area contributed by atoms with Crippen LogP contribution in [-0.2, 0) is 18.9 Å². The fourth-order valence-corrected chi connectivity index (χ4v) is 1.09. The fourth-order valence-electron chi connectivity index (χ4n) is 1.09. The maximum Gasteiger partial charge on any atom is 0.180 e. The molecule has 4 nitrogen and oxygen atoms in total. The lowest BCUT2D eigenvalue weighted by Crippen LogP contribution is -2.27. The van der Waals surface area contributed by atoms with Crippen LogP contribution in [0.15, 0.2) is 0 Å². The van der Waals surface area contributed by atoms with Crippen molar-refractivity contribution < 1.29 is 18.9 Å². The lowest BCUT2D eigenvalue weighted by Gasteiger charge is -2.19. The minimum absolute atomic E-state index is 0.0772. The third-order valence-corrected chi connectivity index (χ3v) is 1.78. The quantitative estimate of drug-likeness (QED) is 0.526. The summed E-state index contributed by atoms with van der Waals surface area (Å²) in [7, 11) is 0. The van der Waals surface area contributed by atoms with E-state index in [4.69, 9.17) is 18.9 Å². The molecule has 0 radical (unpaired) electrons. The van der Waals surface area contributed by atoms with E-state index in [-0.39, 0.29) is 12.4 Å². The van der Waals surface area contributed by atoms with Gasteiger partial charge in [-0.15, -0.1) is 0 Å². The average molecular weight is 220 g/mol. The van der Waals surface area contributed by atoms with Gasteiger partial charge in [-0.25, -0.2) is 0 Å². The first kappa shape index (κ1) is 14.8. The number of hydrogen-bond acceptors (Lipinski definition) is 4. The summed E-state index contributed by atoms with van der Waals surface area (Å²) >= 11 is 0. The summed E-state index contributed by atoms with van der Waals surface area (Å²) in [5, 5.41) is 0. The Morgan fingerprint density at radius 2 is 1.40 bits per heavy atom. The van der Waals surface area contributed by atoms with Crippen LogP contribution in [0.1, 0.15) is 27.7 Å². The first-order chi connectivity index (χ1) is 7.24. The topological polar surface area (TPSA) is 36.9 Å². The molecule has 0 saturated heterocycles. The predicted molar refractivity (Wildman–Crippen MR) is 58.9 cm³/mol. The van der Waals surface area contributed by atoms with Crippen molar-refractivity contribution in [2.75, 3.05) is 33.0 Å². The molecule has 0 rings (SSSR count). The van der Waals surface area contributed by atoms with Gasteiger partial charge in [0.1, 0.15) is 0 Å². The molecular weight excluding hydrogens is 196 g/mol. The Morgan fingerprint density at radius 1 is 0.800 bits per heavy atom.